The number of benzene rings is 1. The van der Waals surface area contributed by atoms with Gasteiger partial charge in [0, 0.05) is 37.3 Å². The van der Waals surface area contributed by atoms with Crippen LogP contribution in [0.4, 0.5) is 0 Å². The molecule has 0 radical (unpaired) electrons. The lowest BCUT2D eigenvalue weighted by atomic mass is 9.98. The maximum Gasteiger partial charge on any atom is 0.253 e. The van der Waals surface area contributed by atoms with Gasteiger partial charge in [0.25, 0.3) is 5.91 Å². The molecule has 0 saturated carbocycles. The van der Waals surface area contributed by atoms with Crippen LogP contribution in [0.2, 0.25) is 0 Å². The lowest BCUT2D eigenvalue weighted by molar-refractivity contribution is -0.117. The van der Waals surface area contributed by atoms with E-state index in [1.54, 1.807) is 0 Å². The maximum atomic E-state index is 12.5. The highest BCUT2D eigenvalue weighted by atomic mass is 16.2. The second kappa shape index (κ2) is 7.59. The zero-order valence-corrected chi connectivity index (χ0v) is 16.3. The van der Waals surface area contributed by atoms with Gasteiger partial charge in [-0.1, -0.05) is 12.1 Å². The summed E-state index contributed by atoms with van der Waals surface area (Å²) in [6, 6.07) is 5.62. The Morgan fingerprint density at radius 3 is 3.04 bits per heavy atom. The van der Waals surface area contributed by atoms with E-state index in [0.29, 0.717) is 25.2 Å². The van der Waals surface area contributed by atoms with E-state index >= 15 is 0 Å². The van der Waals surface area contributed by atoms with E-state index in [1.807, 2.05) is 43.3 Å². The second-order valence-electron chi connectivity index (χ2n) is 7.44. The van der Waals surface area contributed by atoms with Crippen molar-refractivity contribution >= 4 is 28.4 Å². The number of aromatic nitrogens is 2. The van der Waals surface area contributed by atoms with Crippen molar-refractivity contribution in [3.05, 3.63) is 47.3 Å². The van der Waals surface area contributed by atoms with Gasteiger partial charge in [0.1, 0.15) is 5.82 Å². The molecule has 2 aliphatic rings. The van der Waals surface area contributed by atoms with Crippen LogP contribution in [0.15, 0.2) is 35.9 Å². The Morgan fingerprint density at radius 2 is 2.21 bits per heavy atom. The zero-order valence-electron chi connectivity index (χ0n) is 16.3. The summed E-state index contributed by atoms with van der Waals surface area (Å²) in [5, 5.41) is 5.93. The molecule has 28 heavy (non-hydrogen) atoms. The van der Waals surface area contributed by atoms with E-state index < -0.39 is 0 Å². The van der Waals surface area contributed by atoms with E-state index in [-0.39, 0.29) is 11.8 Å². The molecule has 2 aromatic rings. The molecule has 2 amide bonds. The number of amides is 2. The van der Waals surface area contributed by atoms with Gasteiger partial charge in [-0.05, 0) is 45.1 Å². The number of nitrogens with one attached hydrogen (secondary N) is 2. The lowest BCUT2D eigenvalue weighted by Crippen LogP contribution is -2.32. The minimum atomic E-state index is -0.0649. The fraction of sp³-hybridized carbons (Fsp3) is 0.381. The standard InChI is InChI=1S/C21H25N5O2/c1-25(2)11-9-22-20(27)15-6-3-5-14(13-15)19-24-17-8-4-7-16-18(17)26(19)12-10-23-21(16)28/h4-5,7-8,13H,3,6,9-12H2,1-2H3,(H,22,27)(H,23,28). The molecule has 146 valence electrons. The first kappa shape index (κ1) is 18.4. The number of hydrogen-bond donors (Lipinski definition) is 2. The Hall–Kier alpha value is -2.93. The third-order valence-corrected chi connectivity index (χ3v) is 5.13. The van der Waals surface area contributed by atoms with Crippen molar-refractivity contribution in [3.8, 4) is 0 Å². The molecule has 0 unspecified atom stereocenters. The maximum absolute atomic E-state index is 12.5. The lowest BCUT2D eigenvalue weighted by Gasteiger charge is -2.16. The fourth-order valence-electron chi connectivity index (χ4n) is 3.73. The minimum absolute atomic E-state index is 0.0167. The number of allylic oxidation sites excluding steroid dienone is 3. The van der Waals surface area contributed by atoms with Gasteiger partial charge in [-0.2, -0.15) is 0 Å². The summed E-state index contributed by atoms with van der Waals surface area (Å²) in [7, 11) is 3.97. The largest absolute Gasteiger partial charge is 0.351 e. The van der Waals surface area contributed by atoms with Crippen molar-refractivity contribution < 1.29 is 9.59 Å². The Labute approximate surface area is 164 Å². The smallest absolute Gasteiger partial charge is 0.253 e. The van der Waals surface area contributed by atoms with Crippen molar-refractivity contribution in [1.82, 2.24) is 25.1 Å². The first-order valence-electron chi connectivity index (χ1n) is 9.66. The van der Waals surface area contributed by atoms with Crippen LogP contribution in [0.1, 0.15) is 29.0 Å². The molecular weight excluding hydrogens is 354 g/mol. The molecule has 1 aromatic carbocycles. The van der Waals surface area contributed by atoms with Crippen LogP contribution >= 0.6 is 0 Å². The third-order valence-electron chi connectivity index (χ3n) is 5.13. The summed E-state index contributed by atoms with van der Waals surface area (Å²) < 4.78 is 2.10. The summed E-state index contributed by atoms with van der Waals surface area (Å²) >= 11 is 0. The molecule has 7 heteroatoms. The summed E-state index contributed by atoms with van der Waals surface area (Å²) in [6.45, 7) is 2.64. The van der Waals surface area contributed by atoms with Crippen molar-refractivity contribution in [3.63, 3.8) is 0 Å². The molecule has 1 aliphatic carbocycles. The summed E-state index contributed by atoms with van der Waals surface area (Å²) in [5.74, 6) is 0.735. The minimum Gasteiger partial charge on any atom is -0.351 e. The number of carbonyl (C=O) groups excluding carboxylic acids is 2. The van der Waals surface area contributed by atoms with E-state index in [1.165, 1.54) is 0 Å². The van der Waals surface area contributed by atoms with Gasteiger partial charge in [0.2, 0.25) is 5.91 Å². The monoisotopic (exact) mass is 379 g/mol. The van der Waals surface area contributed by atoms with Crippen LogP contribution < -0.4 is 10.6 Å². The average molecular weight is 379 g/mol. The van der Waals surface area contributed by atoms with E-state index in [4.69, 9.17) is 4.98 Å². The number of para-hydroxylation sites is 1. The molecule has 0 atom stereocenters. The predicted octanol–water partition coefficient (Wildman–Crippen LogP) is 1.56. The van der Waals surface area contributed by atoms with Gasteiger partial charge in [0.05, 0.1) is 16.6 Å². The van der Waals surface area contributed by atoms with E-state index in [2.05, 4.69) is 21.3 Å². The topological polar surface area (TPSA) is 79.3 Å². The molecule has 2 N–H and O–H groups in total. The van der Waals surface area contributed by atoms with Crippen molar-refractivity contribution in [2.24, 2.45) is 0 Å². The molecule has 2 heterocycles. The van der Waals surface area contributed by atoms with Gasteiger partial charge < -0.3 is 20.1 Å². The number of nitrogens with zero attached hydrogens (tertiary/aromatic N) is 3. The summed E-state index contributed by atoms with van der Waals surface area (Å²) in [6.07, 6.45) is 5.60. The van der Waals surface area contributed by atoms with Crippen LogP contribution in [0, 0.1) is 0 Å². The SMILES string of the molecule is CN(C)CCNC(=O)C1=CC(c2nc3cccc4c3n2CCNC4=O)=CCC1. The van der Waals surface area contributed by atoms with Gasteiger partial charge in [-0.15, -0.1) is 0 Å². The molecule has 0 bridgehead atoms. The predicted molar refractivity (Wildman–Crippen MR) is 109 cm³/mol. The highest BCUT2D eigenvalue weighted by Crippen LogP contribution is 2.30. The molecular formula is C21H25N5O2. The Balaban J connectivity index is 1.66. The summed E-state index contributed by atoms with van der Waals surface area (Å²) in [4.78, 5) is 31.7. The summed E-state index contributed by atoms with van der Waals surface area (Å²) in [5.41, 5.74) is 4.04. The van der Waals surface area contributed by atoms with Crippen LogP contribution in [0.5, 0.6) is 0 Å². The number of rotatable bonds is 5. The molecule has 0 spiro atoms. The van der Waals surface area contributed by atoms with Crippen molar-refractivity contribution in [2.75, 3.05) is 33.7 Å². The molecule has 0 saturated heterocycles. The number of hydrogen-bond acceptors (Lipinski definition) is 4. The van der Waals surface area contributed by atoms with Gasteiger partial charge in [0.15, 0.2) is 0 Å². The normalized spacial score (nSPS) is 16.5. The zero-order chi connectivity index (χ0) is 19.7. The molecule has 1 aliphatic heterocycles. The molecule has 0 fully saturated rings. The van der Waals surface area contributed by atoms with Crippen molar-refractivity contribution in [1.29, 1.82) is 0 Å². The third kappa shape index (κ3) is 3.45. The molecule has 7 nitrogen and oxygen atoms in total. The first-order valence-corrected chi connectivity index (χ1v) is 9.66. The van der Waals surface area contributed by atoms with E-state index in [0.717, 1.165) is 47.4 Å². The van der Waals surface area contributed by atoms with Crippen LogP contribution in [0.3, 0.4) is 0 Å². The van der Waals surface area contributed by atoms with Gasteiger partial charge in [-0.25, -0.2) is 4.98 Å². The van der Waals surface area contributed by atoms with Crippen LogP contribution in [-0.2, 0) is 11.3 Å². The number of carbonyl (C=O) groups is 2. The number of imidazole rings is 1. The van der Waals surface area contributed by atoms with Crippen LogP contribution in [0.25, 0.3) is 16.6 Å². The fourth-order valence-corrected chi connectivity index (χ4v) is 3.73. The quantitative estimate of drug-likeness (QED) is 0.826. The highest BCUT2D eigenvalue weighted by molar-refractivity contribution is 6.06. The Kier molecular flexibility index (Phi) is 5.00. The molecule has 1 aromatic heterocycles. The van der Waals surface area contributed by atoms with E-state index in [9.17, 15) is 9.59 Å². The highest BCUT2D eigenvalue weighted by Gasteiger charge is 2.23. The number of likely N-dealkylation sites (N-methyl/N-ethyl adjacent to an activating group) is 1. The second-order valence-corrected chi connectivity index (χ2v) is 7.44. The Morgan fingerprint density at radius 1 is 1.36 bits per heavy atom. The van der Waals surface area contributed by atoms with Crippen LogP contribution in [-0.4, -0.2) is 60.0 Å². The first-order chi connectivity index (χ1) is 13.5. The average Bonchev–Trinajstić information content (AvgIpc) is 2.97. The van der Waals surface area contributed by atoms with Gasteiger partial charge >= 0.3 is 0 Å². The molecule has 4 rings (SSSR count). The Bertz CT molecular complexity index is 1000. The van der Waals surface area contributed by atoms with Crippen molar-refractivity contribution in [2.45, 2.75) is 19.4 Å². The van der Waals surface area contributed by atoms with Gasteiger partial charge in [-0.3, -0.25) is 9.59 Å².